The van der Waals surface area contributed by atoms with E-state index in [9.17, 15) is 19.7 Å². The number of esters is 1. The molecule has 2 rings (SSSR count). The summed E-state index contributed by atoms with van der Waals surface area (Å²) in [5, 5.41) is 13.5. The summed E-state index contributed by atoms with van der Waals surface area (Å²) in [6, 6.07) is 9.77. The van der Waals surface area contributed by atoms with Crippen molar-refractivity contribution < 1.29 is 24.0 Å². The van der Waals surface area contributed by atoms with Crippen molar-refractivity contribution >= 4 is 45.3 Å². The molecule has 2 aromatic carbocycles. The van der Waals surface area contributed by atoms with E-state index in [-0.39, 0.29) is 17.9 Å². The summed E-state index contributed by atoms with van der Waals surface area (Å²) < 4.78 is 11.3. The van der Waals surface area contributed by atoms with Crippen LogP contribution in [0.5, 0.6) is 5.75 Å². The molecule has 8 nitrogen and oxygen atoms in total. The third-order valence-corrected chi connectivity index (χ3v) is 5.38. The van der Waals surface area contributed by atoms with Gasteiger partial charge in [-0.3, -0.25) is 14.9 Å². The van der Waals surface area contributed by atoms with Gasteiger partial charge in [-0.25, -0.2) is 4.79 Å². The van der Waals surface area contributed by atoms with Gasteiger partial charge in [0, 0.05) is 17.7 Å². The lowest BCUT2D eigenvalue weighted by atomic mass is 10.1. The molecule has 0 heterocycles. The molecular weight excluding hydrogens is 476 g/mol. The molecule has 1 N–H and O–H groups in total. The van der Waals surface area contributed by atoms with Crippen LogP contribution in [-0.4, -0.2) is 42.0 Å². The van der Waals surface area contributed by atoms with Crippen LogP contribution in [0.2, 0.25) is 0 Å². The standard InChI is InChI=1S/C20H21BrN2O6S/c1-28-18-7-6-13(10-16(18)21)12-29-20(25)17(8-9-30-2)22-19(24)14-4-3-5-15(11-14)23(26)27/h3-7,10-11,17H,8-9,12H2,1-2H3,(H,22,24). The monoisotopic (exact) mass is 496 g/mol. The first-order valence-corrected chi connectivity index (χ1v) is 11.1. The molecule has 1 unspecified atom stereocenters. The first kappa shape index (κ1) is 23.7. The summed E-state index contributed by atoms with van der Waals surface area (Å²) in [5.74, 6) is 0.138. The van der Waals surface area contributed by atoms with Crippen molar-refractivity contribution in [1.82, 2.24) is 5.32 Å². The average molecular weight is 497 g/mol. The molecule has 0 bridgehead atoms. The number of carbonyl (C=O) groups is 2. The number of thioether (sulfide) groups is 1. The van der Waals surface area contributed by atoms with Gasteiger partial charge in [0.05, 0.1) is 16.5 Å². The predicted octanol–water partition coefficient (Wildman–Crippen LogP) is 3.96. The number of nitro benzene ring substituents is 1. The Morgan fingerprint density at radius 1 is 1.27 bits per heavy atom. The van der Waals surface area contributed by atoms with Crippen molar-refractivity contribution in [3.05, 3.63) is 68.2 Å². The number of nitrogens with zero attached hydrogens (tertiary/aromatic N) is 1. The number of nitro groups is 1. The highest BCUT2D eigenvalue weighted by Gasteiger charge is 2.23. The number of hydrogen-bond donors (Lipinski definition) is 1. The molecule has 0 aromatic heterocycles. The van der Waals surface area contributed by atoms with Crippen LogP contribution in [-0.2, 0) is 16.1 Å². The highest BCUT2D eigenvalue weighted by molar-refractivity contribution is 9.10. The number of halogens is 1. The van der Waals surface area contributed by atoms with Crippen LogP contribution in [0.25, 0.3) is 0 Å². The van der Waals surface area contributed by atoms with E-state index in [1.54, 1.807) is 25.3 Å². The van der Waals surface area contributed by atoms with Crippen molar-refractivity contribution in [1.29, 1.82) is 0 Å². The van der Waals surface area contributed by atoms with Crippen molar-refractivity contribution in [2.45, 2.75) is 19.1 Å². The normalized spacial score (nSPS) is 11.4. The second kappa shape index (κ2) is 11.6. The minimum atomic E-state index is -0.870. The van der Waals surface area contributed by atoms with E-state index < -0.39 is 22.8 Å². The summed E-state index contributed by atoms with van der Waals surface area (Å²) in [6.45, 7) is 0.0316. The Kier molecular flexibility index (Phi) is 9.13. The summed E-state index contributed by atoms with van der Waals surface area (Å²) in [4.78, 5) is 35.4. The summed E-state index contributed by atoms with van der Waals surface area (Å²) in [5.41, 5.74) is 0.658. The van der Waals surface area contributed by atoms with E-state index >= 15 is 0 Å². The number of non-ortho nitro benzene ring substituents is 1. The van der Waals surface area contributed by atoms with Crippen molar-refractivity contribution in [2.24, 2.45) is 0 Å². The van der Waals surface area contributed by atoms with Gasteiger partial charge in [-0.15, -0.1) is 0 Å². The van der Waals surface area contributed by atoms with Gasteiger partial charge < -0.3 is 14.8 Å². The molecule has 0 aliphatic rings. The van der Waals surface area contributed by atoms with E-state index in [1.807, 2.05) is 6.26 Å². The van der Waals surface area contributed by atoms with E-state index in [2.05, 4.69) is 21.2 Å². The maximum Gasteiger partial charge on any atom is 0.329 e. The quantitative estimate of drug-likeness (QED) is 0.301. The Morgan fingerprint density at radius 2 is 2.03 bits per heavy atom. The zero-order valence-electron chi connectivity index (χ0n) is 16.4. The fourth-order valence-electron chi connectivity index (χ4n) is 2.54. The lowest BCUT2D eigenvalue weighted by molar-refractivity contribution is -0.384. The van der Waals surface area contributed by atoms with Gasteiger partial charge in [-0.2, -0.15) is 11.8 Å². The van der Waals surface area contributed by atoms with Gasteiger partial charge in [0.15, 0.2) is 0 Å². The second-order valence-corrected chi connectivity index (χ2v) is 8.03. The SMILES string of the molecule is COc1ccc(COC(=O)C(CCSC)NC(=O)c2cccc([N+](=O)[O-])c2)cc1Br. The summed E-state index contributed by atoms with van der Waals surface area (Å²) in [7, 11) is 1.56. The molecule has 0 saturated heterocycles. The Labute approximate surface area is 186 Å². The first-order valence-electron chi connectivity index (χ1n) is 8.89. The second-order valence-electron chi connectivity index (χ2n) is 6.19. The first-order chi connectivity index (χ1) is 14.3. The largest absolute Gasteiger partial charge is 0.496 e. The molecule has 1 atom stereocenters. The number of carbonyl (C=O) groups excluding carboxylic acids is 2. The zero-order valence-corrected chi connectivity index (χ0v) is 18.8. The summed E-state index contributed by atoms with van der Waals surface area (Å²) in [6.07, 6.45) is 2.26. The molecule has 1 amide bonds. The minimum absolute atomic E-state index is 0.0316. The molecule has 0 aliphatic carbocycles. The van der Waals surface area contributed by atoms with Gasteiger partial charge in [-0.1, -0.05) is 12.1 Å². The third kappa shape index (κ3) is 6.74. The average Bonchev–Trinajstić information content (AvgIpc) is 2.74. The van der Waals surface area contributed by atoms with Crippen molar-refractivity contribution in [3.8, 4) is 5.75 Å². The van der Waals surface area contributed by atoms with Gasteiger partial charge in [0.1, 0.15) is 18.4 Å². The van der Waals surface area contributed by atoms with Crippen molar-refractivity contribution in [3.63, 3.8) is 0 Å². The molecule has 0 saturated carbocycles. The fourth-order valence-corrected chi connectivity index (χ4v) is 3.60. The van der Waals surface area contributed by atoms with E-state index in [0.29, 0.717) is 17.9 Å². The Balaban J connectivity index is 2.05. The number of hydrogen-bond acceptors (Lipinski definition) is 7. The number of benzene rings is 2. The Bertz CT molecular complexity index is 924. The zero-order chi connectivity index (χ0) is 22.1. The number of rotatable bonds is 10. The number of nitrogens with one attached hydrogen (secondary N) is 1. The lowest BCUT2D eigenvalue weighted by Crippen LogP contribution is -2.42. The minimum Gasteiger partial charge on any atom is -0.496 e. The molecule has 0 fully saturated rings. The van der Waals surface area contributed by atoms with E-state index in [4.69, 9.17) is 9.47 Å². The molecule has 0 aliphatic heterocycles. The van der Waals surface area contributed by atoms with Gasteiger partial charge >= 0.3 is 5.97 Å². The lowest BCUT2D eigenvalue weighted by Gasteiger charge is -2.17. The third-order valence-electron chi connectivity index (χ3n) is 4.12. The van der Waals surface area contributed by atoms with Crippen LogP contribution in [0, 0.1) is 10.1 Å². The van der Waals surface area contributed by atoms with Gasteiger partial charge in [0.25, 0.3) is 11.6 Å². The Hall–Kier alpha value is -2.59. The maximum absolute atomic E-state index is 12.6. The molecule has 2 aromatic rings. The van der Waals surface area contributed by atoms with Crippen LogP contribution in [0.1, 0.15) is 22.3 Å². The van der Waals surface area contributed by atoms with E-state index in [1.165, 1.54) is 36.0 Å². The highest BCUT2D eigenvalue weighted by Crippen LogP contribution is 2.25. The van der Waals surface area contributed by atoms with Gasteiger partial charge in [0.2, 0.25) is 0 Å². The number of ether oxygens (including phenoxy) is 2. The Morgan fingerprint density at radius 3 is 2.67 bits per heavy atom. The van der Waals surface area contributed by atoms with Crippen LogP contribution in [0.4, 0.5) is 5.69 Å². The van der Waals surface area contributed by atoms with Crippen LogP contribution < -0.4 is 10.1 Å². The molecule has 0 radical (unpaired) electrons. The molecule has 30 heavy (non-hydrogen) atoms. The summed E-state index contributed by atoms with van der Waals surface area (Å²) >= 11 is 4.91. The van der Waals surface area contributed by atoms with Crippen LogP contribution >= 0.6 is 27.7 Å². The van der Waals surface area contributed by atoms with E-state index in [0.717, 1.165) is 10.0 Å². The molecular formula is C20H21BrN2O6S. The smallest absolute Gasteiger partial charge is 0.329 e. The molecule has 160 valence electrons. The topological polar surface area (TPSA) is 108 Å². The molecule has 10 heteroatoms. The van der Waals surface area contributed by atoms with Crippen LogP contribution in [0.15, 0.2) is 46.9 Å². The highest BCUT2D eigenvalue weighted by atomic mass is 79.9. The van der Waals surface area contributed by atoms with Crippen molar-refractivity contribution in [2.75, 3.05) is 19.1 Å². The number of amides is 1. The van der Waals surface area contributed by atoms with Gasteiger partial charge in [-0.05, 0) is 58.1 Å². The number of methoxy groups -OCH3 is 1. The van der Waals surface area contributed by atoms with Crippen LogP contribution in [0.3, 0.4) is 0 Å². The predicted molar refractivity (Wildman–Crippen MR) is 118 cm³/mol. The fraction of sp³-hybridized carbons (Fsp3) is 0.300. The maximum atomic E-state index is 12.6. The molecule has 0 spiro atoms.